The highest BCUT2D eigenvalue weighted by Crippen LogP contribution is 2.31. The highest BCUT2D eigenvalue weighted by molar-refractivity contribution is 5.82. The maximum atomic E-state index is 5.52. The summed E-state index contributed by atoms with van der Waals surface area (Å²) in [6, 6.07) is 6.43. The normalized spacial score (nSPS) is 15.3. The molecule has 0 radical (unpaired) electrons. The van der Waals surface area contributed by atoms with Gasteiger partial charge in [0.05, 0.1) is 20.5 Å². The zero-order chi connectivity index (χ0) is 18.6. The fourth-order valence-corrected chi connectivity index (χ4v) is 3.63. The number of para-hydroxylation sites is 1. The second kappa shape index (κ2) is 7.79. The van der Waals surface area contributed by atoms with Crippen LogP contribution in [0.5, 0.6) is 11.5 Å². The lowest BCUT2D eigenvalue weighted by atomic mass is 10.0. The lowest BCUT2D eigenvalue weighted by molar-refractivity contribution is 0.347. The number of rotatable bonds is 6. The van der Waals surface area contributed by atoms with Crippen LogP contribution in [0.1, 0.15) is 18.4 Å². The summed E-state index contributed by atoms with van der Waals surface area (Å²) in [5.74, 6) is 2.50. The van der Waals surface area contributed by atoms with Gasteiger partial charge in [-0.15, -0.1) is 0 Å². The molecule has 142 valence electrons. The molecule has 0 bridgehead atoms. The van der Waals surface area contributed by atoms with Gasteiger partial charge < -0.3 is 24.7 Å². The van der Waals surface area contributed by atoms with Crippen molar-refractivity contribution < 1.29 is 9.47 Å². The number of hydrogen-bond donors (Lipinski definition) is 2. The molecule has 0 atom stereocenters. The number of aromatic nitrogens is 4. The minimum atomic E-state index is 0.455. The number of fused-ring (bicyclic) bond motifs is 1. The van der Waals surface area contributed by atoms with Crippen molar-refractivity contribution >= 4 is 17.0 Å². The number of H-pyrrole nitrogens is 1. The van der Waals surface area contributed by atoms with Crippen molar-refractivity contribution in [1.82, 2.24) is 25.3 Å². The number of ether oxygens (including phenoxy) is 2. The van der Waals surface area contributed by atoms with Crippen molar-refractivity contribution in [2.24, 2.45) is 0 Å². The number of methoxy groups -OCH3 is 2. The molecule has 8 nitrogen and oxygen atoms in total. The summed E-state index contributed by atoms with van der Waals surface area (Å²) in [5.41, 5.74) is 2.73. The zero-order valence-electron chi connectivity index (χ0n) is 15.6. The molecule has 1 saturated heterocycles. The summed E-state index contributed by atoms with van der Waals surface area (Å²) < 4.78 is 10.9. The first kappa shape index (κ1) is 17.5. The first-order valence-electron chi connectivity index (χ1n) is 9.12. The zero-order valence-corrected chi connectivity index (χ0v) is 15.6. The molecule has 1 fully saturated rings. The fourth-order valence-electron chi connectivity index (χ4n) is 3.63. The predicted octanol–water partition coefficient (Wildman–Crippen LogP) is 2.13. The molecule has 27 heavy (non-hydrogen) atoms. The molecule has 1 aromatic carbocycles. The van der Waals surface area contributed by atoms with E-state index in [1.165, 1.54) is 0 Å². The van der Waals surface area contributed by atoms with Crippen LogP contribution in [0, 0.1) is 0 Å². The molecule has 8 heteroatoms. The van der Waals surface area contributed by atoms with Gasteiger partial charge in [-0.25, -0.2) is 15.0 Å². The molecule has 4 rings (SSSR count). The fraction of sp³-hybridized carbons (Fsp3) is 0.421. The molecule has 2 N–H and O–H groups in total. The minimum Gasteiger partial charge on any atom is -0.493 e. The quantitative estimate of drug-likeness (QED) is 0.689. The Balaban J connectivity index is 1.37. The molecule has 2 aromatic heterocycles. The number of hydrogen-bond acceptors (Lipinski definition) is 7. The van der Waals surface area contributed by atoms with Gasteiger partial charge in [0.2, 0.25) is 0 Å². The third-order valence-corrected chi connectivity index (χ3v) is 5.06. The lowest BCUT2D eigenvalue weighted by Gasteiger charge is -2.33. The monoisotopic (exact) mass is 368 g/mol. The van der Waals surface area contributed by atoms with Crippen LogP contribution < -0.4 is 19.7 Å². The first-order valence-corrected chi connectivity index (χ1v) is 9.12. The van der Waals surface area contributed by atoms with Crippen LogP contribution in [0.2, 0.25) is 0 Å². The SMILES string of the molecule is COc1cccc(CNC2CCN(c3ncnc4nc[nH]c34)CC2)c1OC. The van der Waals surface area contributed by atoms with E-state index in [9.17, 15) is 0 Å². The average molecular weight is 368 g/mol. The van der Waals surface area contributed by atoms with Crippen molar-refractivity contribution in [3.63, 3.8) is 0 Å². The number of nitrogens with one attached hydrogen (secondary N) is 2. The van der Waals surface area contributed by atoms with E-state index in [1.54, 1.807) is 26.9 Å². The van der Waals surface area contributed by atoms with E-state index in [-0.39, 0.29) is 0 Å². The molecule has 1 aliphatic heterocycles. The van der Waals surface area contributed by atoms with Crippen LogP contribution in [0.15, 0.2) is 30.9 Å². The third-order valence-electron chi connectivity index (χ3n) is 5.06. The summed E-state index contributed by atoms with van der Waals surface area (Å²) >= 11 is 0. The van der Waals surface area contributed by atoms with Gasteiger partial charge in [-0.05, 0) is 18.9 Å². The van der Waals surface area contributed by atoms with Crippen molar-refractivity contribution in [3.8, 4) is 11.5 Å². The Bertz CT molecular complexity index is 904. The summed E-state index contributed by atoms with van der Waals surface area (Å²) in [7, 11) is 3.34. The Morgan fingerprint density at radius 3 is 2.78 bits per heavy atom. The smallest absolute Gasteiger partial charge is 0.182 e. The molecule has 3 aromatic rings. The van der Waals surface area contributed by atoms with E-state index in [2.05, 4.69) is 36.2 Å². The largest absolute Gasteiger partial charge is 0.493 e. The molecular weight excluding hydrogens is 344 g/mol. The van der Waals surface area contributed by atoms with Crippen LogP contribution in [0.25, 0.3) is 11.2 Å². The summed E-state index contributed by atoms with van der Waals surface area (Å²) in [6.07, 6.45) is 5.34. The van der Waals surface area contributed by atoms with E-state index in [0.29, 0.717) is 11.7 Å². The van der Waals surface area contributed by atoms with Gasteiger partial charge in [-0.2, -0.15) is 0 Å². The standard InChI is InChI=1S/C19H24N6O2/c1-26-15-5-3-4-13(17(15)27-2)10-20-14-6-8-25(9-7-14)19-16-18(22-11-21-16)23-12-24-19/h3-5,11-12,14,20H,6-10H2,1-2H3,(H,21,22,23,24). The second-order valence-corrected chi connectivity index (χ2v) is 6.59. The van der Waals surface area contributed by atoms with Crippen molar-refractivity contribution in [2.45, 2.75) is 25.4 Å². The van der Waals surface area contributed by atoms with Crippen LogP contribution in [-0.4, -0.2) is 53.3 Å². The molecule has 0 spiro atoms. The average Bonchev–Trinajstić information content (AvgIpc) is 3.21. The summed E-state index contributed by atoms with van der Waals surface area (Å²) in [5, 5.41) is 3.65. The first-order chi connectivity index (χ1) is 13.3. The number of anilines is 1. The highest BCUT2D eigenvalue weighted by Gasteiger charge is 2.22. The van der Waals surface area contributed by atoms with Crippen LogP contribution >= 0.6 is 0 Å². The molecule has 1 aliphatic rings. The summed E-state index contributed by atoms with van der Waals surface area (Å²) in [6.45, 7) is 2.64. The molecule has 0 aliphatic carbocycles. The number of piperidine rings is 1. The Morgan fingerprint density at radius 2 is 2.00 bits per heavy atom. The Labute approximate surface area is 157 Å². The lowest BCUT2D eigenvalue weighted by Crippen LogP contribution is -2.42. The van der Waals surface area contributed by atoms with E-state index < -0.39 is 0 Å². The second-order valence-electron chi connectivity index (χ2n) is 6.59. The number of imidazole rings is 1. The van der Waals surface area contributed by atoms with Crippen LogP contribution in [0.4, 0.5) is 5.82 Å². The maximum absolute atomic E-state index is 5.52. The van der Waals surface area contributed by atoms with Gasteiger partial charge in [0.1, 0.15) is 11.8 Å². The number of benzene rings is 1. The molecule has 0 unspecified atom stereocenters. The predicted molar refractivity (Wildman–Crippen MR) is 103 cm³/mol. The van der Waals surface area contributed by atoms with E-state index in [4.69, 9.17) is 9.47 Å². The van der Waals surface area contributed by atoms with Gasteiger partial charge in [-0.3, -0.25) is 0 Å². The number of nitrogens with zero attached hydrogens (tertiary/aromatic N) is 4. The maximum Gasteiger partial charge on any atom is 0.182 e. The topological polar surface area (TPSA) is 88.2 Å². The van der Waals surface area contributed by atoms with E-state index in [0.717, 1.165) is 60.9 Å². The van der Waals surface area contributed by atoms with E-state index >= 15 is 0 Å². The summed E-state index contributed by atoms with van der Waals surface area (Å²) in [4.78, 5) is 18.3. The molecule has 0 saturated carbocycles. The van der Waals surface area contributed by atoms with Gasteiger partial charge in [-0.1, -0.05) is 12.1 Å². The van der Waals surface area contributed by atoms with Crippen LogP contribution in [-0.2, 0) is 6.54 Å². The molecular formula is C19H24N6O2. The van der Waals surface area contributed by atoms with Crippen molar-refractivity contribution in [1.29, 1.82) is 0 Å². The van der Waals surface area contributed by atoms with Gasteiger partial charge in [0.25, 0.3) is 0 Å². The molecule has 3 heterocycles. The van der Waals surface area contributed by atoms with E-state index in [1.807, 2.05) is 12.1 Å². The minimum absolute atomic E-state index is 0.455. The van der Waals surface area contributed by atoms with Gasteiger partial charge in [0.15, 0.2) is 23.0 Å². The Morgan fingerprint density at radius 1 is 1.15 bits per heavy atom. The van der Waals surface area contributed by atoms with Gasteiger partial charge in [0, 0.05) is 31.2 Å². The van der Waals surface area contributed by atoms with Crippen LogP contribution in [0.3, 0.4) is 0 Å². The Kier molecular flexibility index (Phi) is 5.06. The van der Waals surface area contributed by atoms with Crippen molar-refractivity contribution in [2.75, 3.05) is 32.2 Å². The third kappa shape index (κ3) is 3.52. The number of aromatic amines is 1. The van der Waals surface area contributed by atoms with Gasteiger partial charge >= 0.3 is 0 Å². The Hall–Kier alpha value is -2.87. The highest BCUT2D eigenvalue weighted by atomic mass is 16.5. The molecule has 0 amide bonds. The van der Waals surface area contributed by atoms with Crippen molar-refractivity contribution in [3.05, 3.63) is 36.4 Å².